The molecule has 2 amide bonds. The van der Waals surface area contributed by atoms with E-state index in [9.17, 15) is 14.0 Å². The van der Waals surface area contributed by atoms with Gasteiger partial charge < -0.3 is 20.1 Å². The average molecular weight is 346 g/mol. The van der Waals surface area contributed by atoms with Gasteiger partial charge in [-0.2, -0.15) is 0 Å². The lowest BCUT2D eigenvalue weighted by Crippen LogP contribution is -2.38. The SMILES string of the molecule is COc1ccc(OCC(=O)NCC(=O)NCc2ccccc2F)cc1. The van der Waals surface area contributed by atoms with Gasteiger partial charge in [-0.1, -0.05) is 18.2 Å². The third kappa shape index (κ3) is 6.14. The Bertz CT molecular complexity index is 719. The first kappa shape index (κ1) is 18.3. The number of methoxy groups -OCH3 is 1. The van der Waals surface area contributed by atoms with Gasteiger partial charge in [0.25, 0.3) is 5.91 Å². The van der Waals surface area contributed by atoms with E-state index in [2.05, 4.69) is 10.6 Å². The number of hydrogen-bond acceptors (Lipinski definition) is 4. The van der Waals surface area contributed by atoms with E-state index in [4.69, 9.17) is 9.47 Å². The van der Waals surface area contributed by atoms with Crippen LogP contribution in [0.15, 0.2) is 48.5 Å². The van der Waals surface area contributed by atoms with Gasteiger partial charge in [0, 0.05) is 12.1 Å². The molecule has 0 spiro atoms. The molecular formula is C18H19FN2O4. The molecule has 2 aromatic carbocycles. The van der Waals surface area contributed by atoms with Crippen molar-refractivity contribution >= 4 is 11.8 Å². The third-order valence-electron chi connectivity index (χ3n) is 3.31. The van der Waals surface area contributed by atoms with Gasteiger partial charge in [0.1, 0.15) is 17.3 Å². The van der Waals surface area contributed by atoms with Gasteiger partial charge in [0.05, 0.1) is 13.7 Å². The fourth-order valence-corrected chi connectivity index (χ4v) is 1.95. The molecule has 0 aliphatic carbocycles. The van der Waals surface area contributed by atoms with E-state index in [1.807, 2.05) is 0 Å². The Morgan fingerprint density at radius 1 is 0.960 bits per heavy atom. The van der Waals surface area contributed by atoms with Gasteiger partial charge in [-0.15, -0.1) is 0 Å². The normalized spacial score (nSPS) is 10.0. The zero-order chi connectivity index (χ0) is 18.1. The highest BCUT2D eigenvalue weighted by Gasteiger charge is 2.08. The van der Waals surface area contributed by atoms with Gasteiger partial charge in [-0.3, -0.25) is 9.59 Å². The number of halogens is 1. The first-order valence-electron chi connectivity index (χ1n) is 7.62. The largest absolute Gasteiger partial charge is 0.497 e. The lowest BCUT2D eigenvalue weighted by atomic mass is 10.2. The second-order valence-electron chi connectivity index (χ2n) is 5.11. The van der Waals surface area contributed by atoms with Crippen molar-refractivity contribution in [3.8, 4) is 11.5 Å². The molecule has 0 saturated heterocycles. The summed E-state index contributed by atoms with van der Waals surface area (Å²) in [5.41, 5.74) is 0.380. The molecule has 132 valence electrons. The predicted molar refractivity (Wildman–Crippen MR) is 89.7 cm³/mol. The number of carbonyl (C=O) groups excluding carboxylic acids is 2. The van der Waals surface area contributed by atoms with Gasteiger partial charge in [0.15, 0.2) is 6.61 Å². The number of benzene rings is 2. The van der Waals surface area contributed by atoms with E-state index in [-0.39, 0.29) is 25.5 Å². The number of ether oxygens (including phenoxy) is 2. The molecule has 0 unspecified atom stereocenters. The van der Waals surface area contributed by atoms with Gasteiger partial charge in [0.2, 0.25) is 5.91 Å². The van der Waals surface area contributed by atoms with Crippen LogP contribution in [0.1, 0.15) is 5.56 Å². The van der Waals surface area contributed by atoms with E-state index in [1.54, 1.807) is 49.6 Å². The third-order valence-corrected chi connectivity index (χ3v) is 3.31. The van der Waals surface area contributed by atoms with Crippen LogP contribution in [-0.4, -0.2) is 32.1 Å². The molecule has 0 saturated carbocycles. The summed E-state index contributed by atoms with van der Waals surface area (Å²) in [6.07, 6.45) is 0. The van der Waals surface area contributed by atoms with Gasteiger partial charge in [-0.05, 0) is 30.3 Å². The molecule has 0 aliphatic heterocycles. The van der Waals surface area contributed by atoms with Crippen LogP contribution >= 0.6 is 0 Å². The van der Waals surface area contributed by atoms with Crippen molar-refractivity contribution in [3.05, 3.63) is 59.9 Å². The molecule has 25 heavy (non-hydrogen) atoms. The lowest BCUT2D eigenvalue weighted by Gasteiger charge is -2.09. The molecule has 7 heteroatoms. The summed E-state index contributed by atoms with van der Waals surface area (Å²) in [4.78, 5) is 23.3. The quantitative estimate of drug-likeness (QED) is 0.762. The summed E-state index contributed by atoms with van der Waals surface area (Å²) >= 11 is 0. The zero-order valence-corrected chi connectivity index (χ0v) is 13.8. The van der Waals surface area contributed by atoms with Crippen LogP contribution in [0, 0.1) is 5.82 Å². The van der Waals surface area contributed by atoms with Crippen LogP contribution < -0.4 is 20.1 Å². The van der Waals surface area contributed by atoms with Crippen molar-refractivity contribution in [3.63, 3.8) is 0 Å². The molecule has 0 aliphatic rings. The summed E-state index contributed by atoms with van der Waals surface area (Å²) in [5.74, 6) is -0.0408. The molecule has 6 nitrogen and oxygen atoms in total. The molecular weight excluding hydrogens is 327 g/mol. The van der Waals surface area contributed by atoms with Crippen molar-refractivity contribution in [2.24, 2.45) is 0 Å². The maximum absolute atomic E-state index is 13.4. The van der Waals surface area contributed by atoms with E-state index in [0.29, 0.717) is 17.1 Å². The van der Waals surface area contributed by atoms with Crippen LogP contribution in [0.2, 0.25) is 0 Å². The first-order valence-corrected chi connectivity index (χ1v) is 7.62. The number of nitrogens with one attached hydrogen (secondary N) is 2. The van der Waals surface area contributed by atoms with Crippen molar-refractivity contribution in [2.45, 2.75) is 6.54 Å². The molecule has 0 heterocycles. The van der Waals surface area contributed by atoms with Crippen LogP contribution in [0.4, 0.5) is 4.39 Å². The second-order valence-corrected chi connectivity index (χ2v) is 5.11. The predicted octanol–water partition coefficient (Wildman–Crippen LogP) is 1.65. The highest BCUT2D eigenvalue weighted by atomic mass is 19.1. The fraction of sp³-hybridized carbons (Fsp3) is 0.222. The molecule has 0 radical (unpaired) electrons. The highest BCUT2D eigenvalue weighted by molar-refractivity contribution is 5.85. The summed E-state index contributed by atoms with van der Waals surface area (Å²) in [7, 11) is 1.56. The Morgan fingerprint density at radius 2 is 1.64 bits per heavy atom. The summed E-state index contributed by atoms with van der Waals surface area (Å²) < 4.78 is 23.7. The summed E-state index contributed by atoms with van der Waals surface area (Å²) in [6.45, 7) is -0.365. The molecule has 2 rings (SSSR count). The number of rotatable bonds is 8. The van der Waals surface area contributed by atoms with Crippen LogP contribution in [0.25, 0.3) is 0 Å². The molecule has 0 atom stereocenters. The average Bonchev–Trinajstić information content (AvgIpc) is 2.64. The van der Waals surface area contributed by atoms with Gasteiger partial charge in [-0.25, -0.2) is 4.39 Å². The van der Waals surface area contributed by atoms with Crippen LogP contribution in [-0.2, 0) is 16.1 Å². The van der Waals surface area contributed by atoms with Crippen molar-refractivity contribution in [2.75, 3.05) is 20.3 Å². The Morgan fingerprint density at radius 3 is 2.32 bits per heavy atom. The zero-order valence-electron chi connectivity index (χ0n) is 13.8. The Balaban J connectivity index is 1.66. The summed E-state index contributed by atoms with van der Waals surface area (Å²) in [6, 6.07) is 12.9. The van der Waals surface area contributed by atoms with Crippen LogP contribution in [0.3, 0.4) is 0 Å². The molecule has 0 fully saturated rings. The maximum atomic E-state index is 13.4. The van der Waals surface area contributed by atoms with Crippen molar-refractivity contribution < 1.29 is 23.5 Å². The second kappa shape index (κ2) is 9.27. The number of hydrogen-bond donors (Lipinski definition) is 2. The van der Waals surface area contributed by atoms with E-state index < -0.39 is 11.8 Å². The smallest absolute Gasteiger partial charge is 0.258 e. The minimum Gasteiger partial charge on any atom is -0.497 e. The van der Waals surface area contributed by atoms with Crippen LogP contribution in [0.5, 0.6) is 11.5 Å². The Labute approximate surface area is 144 Å². The minimum absolute atomic E-state index is 0.0593. The van der Waals surface area contributed by atoms with E-state index in [1.165, 1.54) is 6.07 Å². The van der Waals surface area contributed by atoms with E-state index in [0.717, 1.165) is 0 Å². The molecule has 2 N–H and O–H groups in total. The fourth-order valence-electron chi connectivity index (χ4n) is 1.95. The number of carbonyl (C=O) groups is 2. The topological polar surface area (TPSA) is 76.7 Å². The standard InChI is InChI=1S/C18H19FN2O4/c1-24-14-6-8-15(9-7-14)25-12-18(23)21-11-17(22)20-10-13-4-2-3-5-16(13)19/h2-9H,10-12H2,1H3,(H,20,22)(H,21,23). The summed E-state index contributed by atoms with van der Waals surface area (Å²) in [5, 5.41) is 4.96. The monoisotopic (exact) mass is 346 g/mol. The van der Waals surface area contributed by atoms with Crippen molar-refractivity contribution in [1.82, 2.24) is 10.6 Å². The number of amides is 2. The lowest BCUT2D eigenvalue weighted by molar-refractivity contribution is -0.127. The maximum Gasteiger partial charge on any atom is 0.258 e. The molecule has 0 bridgehead atoms. The van der Waals surface area contributed by atoms with Crippen molar-refractivity contribution in [1.29, 1.82) is 0 Å². The Kier molecular flexibility index (Phi) is 6.76. The van der Waals surface area contributed by atoms with Gasteiger partial charge >= 0.3 is 0 Å². The van der Waals surface area contributed by atoms with E-state index >= 15 is 0 Å². The highest BCUT2D eigenvalue weighted by Crippen LogP contribution is 2.16. The molecule has 2 aromatic rings. The Hall–Kier alpha value is -3.09. The minimum atomic E-state index is -0.433. The first-order chi connectivity index (χ1) is 12.1. The molecule has 0 aromatic heterocycles.